The van der Waals surface area contributed by atoms with Crippen LogP contribution in [0.25, 0.3) is 0 Å². The van der Waals surface area contributed by atoms with Crippen LogP contribution in [0.3, 0.4) is 0 Å². The molecule has 11 heavy (non-hydrogen) atoms. The van der Waals surface area contributed by atoms with E-state index in [1.807, 2.05) is 0 Å². The first-order valence-electron chi connectivity index (χ1n) is 3.18. The summed E-state index contributed by atoms with van der Waals surface area (Å²) in [5.74, 6) is -0.872. The van der Waals surface area contributed by atoms with Gasteiger partial charge in [-0.2, -0.15) is 0 Å². The Kier molecular flexibility index (Phi) is 2.15. The van der Waals surface area contributed by atoms with Gasteiger partial charge in [-0.3, -0.25) is 4.79 Å². The summed E-state index contributed by atoms with van der Waals surface area (Å²) >= 11 is 0. The number of carbonyl (C=O) groups is 1. The molecule has 0 radical (unpaired) electrons. The summed E-state index contributed by atoms with van der Waals surface area (Å²) < 4.78 is 0. The highest BCUT2D eigenvalue weighted by molar-refractivity contribution is 5.69. The van der Waals surface area contributed by atoms with Crippen molar-refractivity contribution in [3.05, 3.63) is 23.8 Å². The molecule has 0 aliphatic carbocycles. The monoisotopic (exact) mass is 152 g/mol. The maximum atomic E-state index is 10.2. The standard InChI is InChI=1S/C7H8N2O2/c1-5-2-6(3-7(10)11)9-4-8-5/h2,4H,3H2,1H3,(H,10,11). The van der Waals surface area contributed by atoms with Crippen LogP contribution in [0.1, 0.15) is 11.4 Å². The first-order valence-corrected chi connectivity index (χ1v) is 3.18. The quantitative estimate of drug-likeness (QED) is 0.666. The van der Waals surface area contributed by atoms with Gasteiger partial charge in [-0.05, 0) is 13.0 Å². The van der Waals surface area contributed by atoms with Gasteiger partial charge < -0.3 is 5.11 Å². The van der Waals surface area contributed by atoms with Gasteiger partial charge in [-0.1, -0.05) is 0 Å². The number of aryl methyl sites for hydroxylation is 1. The maximum Gasteiger partial charge on any atom is 0.309 e. The van der Waals surface area contributed by atoms with Gasteiger partial charge in [0.25, 0.3) is 0 Å². The zero-order valence-electron chi connectivity index (χ0n) is 6.11. The molecule has 0 aromatic carbocycles. The fraction of sp³-hybridized carbons (Fsp3) is 0.286. The third kappa shape index (κ3) is 2.33. The van der Waals surface area contributed by atoms with E-state index in [1.54, 1.807) is 13.0 Å². The summed E-state index contributed by atoms with van der Waals surface area (Å²) in [4.78, 5) is 17.9. The highest BCUT2D eigenvalue weighted by atomic mass is 16.4. The van der Waals surface area contributed by atoms with Gasteiger partial charge in [0.05, 0.1) is 12.1 Å². The average Bonchev–Trinajstić information content (AvgIpc) is 1.85. The fourth-order valence-electron chi connectivity index (χ4n) is 0.761. The molecule has 0 spiro atoms. The van der Waals surface area contributed by atoms with Crippen LogP contribution in [-0.2, 0) is 11.2 Å². The molecule has 0 aliphatic heterocycles. The molecule has 0 aliphatic rings. The van der Waals surface area contributed by atoms with Gasteiger partial charge in [0, 0.05) is 5.69 Å². The first-order chi connectivity index (χ1) is 5.18. The van der Waals surface area contributed by atoms with Gasteiger partial charge in [-0.25, -0.2) is 9.97 Å². The van der Waals surface area contributed by atoms with E-state index in [0.29, 0.717) is 5.69 Å². The molecule has 0 unspecified atom stereocenters. The minimum absolute atomic E-state index is 0.0383. The fourth-order valence-corrected chi connectivity index (χ4v) is 0.761. The lowest BCUT2D eigenvalue weighted by Gasteiger charge is -1.95. The van der Waals surface area contributed by atoms with Crippen molar-refractivity contribution < 1.29 is 9.90 Å². The average molecular weight is 152 g/mol. The van der Waals surface area contributed by atoms with Crippen molar-refractivity contribution in [2.45, 2.75) is 13.3 Å². The minimum Gasteiger partial charge on any atom is -0.481 e. The van der Waals surface area contributed by atoms with Crippen LogP contribution in [0.5, 0.6) is 0 Å². The summed E-state index contributed by atoms with van der Waals surface area (Å²) in [6.45, 7) is 1.80. The normalized spacial score (nSPS) is 9.55. The van der Waals surface area contributed by atoms with Crippen LogP contribution >= 0.6 is 0 Å². The number of aliphatic carboxylic acids is 1. The van der Waals surface area contributed by atoms with E-state index in [1.165, 1.54) is 6.33 Å². The van der Waals surface area contributed by atoms with Gasteiger partial charge in [0.15, 0.2) is 0 Å². The molecule has 0 bridgehead atoms. The van der Waals surface area contributed by atoms with Gasteiger partial charge >= 0.3 is 5.97 Å². The molecule has 1 rings (SSSR count). The van der Waals surface area contributed by atoms with E-state index >= 15 is 0 Å². The summed E-state index contributed by atoms with van der Waals surface area (Å²) in [7, 11) is 0. The number of rotatable bonds is 2. The van der Waals surface area contributed by atoms with Crippen molar-refractivity contribution in [1.82, 2.24) is 9.97 Å². The summed E-state index contributed by atoms with van der Waals surface area (Å²) in [5.41, 5.74) is 1.33. The molecule has 0 saturated heterocycles. The zero-order valence-corrected chi connectivity index (χ0v) is 6.11. The Bertz CT molecular complexity index is 273. The minimum atomic E-state index is -0.872. The highest BCUT2D eigenvalue weighted by Crippen LogP contribution is 1.96. The van der Waals surface area contributed by atoms with Crippen molar-refractivity contribution in [1.29, 1.82) is 0 Å². The third-order valence-electron chi connectivity index (χ3n) is 1.19. The second-order valence-electron chi connectivity index (χ2n) is 2.22. The predicted octanol–water partition coefficient (Wildman–Crippen LogP) is 0.412. The molecule has 4 heteroatoms. The van der Waals surface area contributed by atoms with E-state index in [-0.39, 0.29) is 6.42 Å². The molecule has 0 atom stereocenters. The first kappa shape index (κ1) is 7.65. The Morgan fingerprint density at radius 2 is 2.36 bits per heavy atom. The molecule has 0 fully saturated rings. The number of hydrogen-bond donors (Lipinski definition) is 1. The van der Waals surface area contributed by atoms with Crippen molar-refractivity contribution in [3.8, 4) is 0 Å². The van der Waals surface area contributed by atoms with Gasteiger partial charge in [0.2, 0.25) is 0 Å². The zero-order chi connectivity index (χ0) is 8.27. The van der Waals surface area contributed by atoms with Crippen molar-refractivity contribution in [3.63, 3.8) is 0 Å². The Morgan fingerprint density at radius 3 is 2.91 bits per heavy atom. The van der Waals surface area contributed by atoms with Crippen LogP contribution < -0.4 is 0 Å². The topological polar surface area (TPSA) is 63.1 Å². The van der Waals surface area contributed by atoms with Crippen LogP contribution in [0.15, 0.2) is 12.4 Å². The smallest absolute Gasteiger partial charge is 0.309 e. The molecule has 1 aromatic heterocycles. The Labute approximate surface area is 63.9 Å². The summed E-state index contributed by atoms with van der Waals surface area (Å²) in [6.07, 6.45) is 1.33. The van der Waals surface area contributed by atoms with Crippen LogP contribution in [0.4, 0.5) is 0 Å². The second kappa shape index (κ2) is 3.09. The molecular formula is C7H8N2O2. The van der Waals surface area contributed by atoms with Gasteiger partial charge in [0.1, 0.15) is 6.33 Å². The van der Waals surface area contributed by atoms with E-state index < -0.39 is 5.97 Å². The highest BCUT2D eigenvalue weighted by Gasteiger charge is 2.00. The number of carboxylic acids is 1. The Hall–Kier alpha value is -1.45. The molecule has 0 saturated carbocycles. The van der Waals surface area contributed by atoms with Crippen molar-refractivity contribution in [2.75, 3.05) is 0 Å². The molecule has 1 heterocycles. The lowest BCUT2D eigenvalue weighted by Crippen LogP contribution is -2.02. The molecule has 0 amide bonds. The van der Waals surface area contributed by atoms with Crippen molar-refractivity contribution >= 4 is 5.97 Å². The lowest BCUT2D eigenvalue weighted by atomic mass is 10.3. The second-order valence-corrected chi connectivity index (χ2v) is 2.22. The lowest BCUT2D eigenvalue weighted by molar-refractivity contribution is -0.136. The molecule has 1 N–H and O–H groups in total. The van der Waals surface area contributed by atoms with Crippen molar-refractivity contribution in [2.24, 2.45) is 0 Å². The van der Waals surface area contributed by atoms with Crippen LogP contribution in [0, 0.1) is 6.92 Å². The summed E-state index contributed by atoms with van der Waals surface area (Å²) in [5, 5.41) is 8.40. The van der Waals surface area contributed by atoms with E-state index in [9.17, 15) is 4.79 Å². The number of hydrogen-bond acceptors (Lipinski definition) is 3. The molecule has 1 aromatic rings. The number of aromatic nitrogens is 2. The van der Waals surface area contributed by atoms with Gasteiger partial charge in [-0.15, -0.1) is 0 Å². The van der Waals surface area contributed by atoms with E-state index in [0.717, 1.165) is 5.69 Å². The molecule has 4 nitrogen and oxygen atoms in total. The van der Waals surface area contributed by atoms with E-state index in [4.69, 9.17) is 5.11 Å². The number of carboxylic acid groups (broad SMARTS) is 1. The maximum absolute atomic E-state index is 10.2. The Morgan fingerprint density at radius 1 is 1.64 bits per heavy atom. The predicted molar refractivity (Wildman–Crippen MR) is 38.1 cm³/mol. The van der Waals surface area contributed by atoms with E-state index in [2.05, 4.69) is 9.97 Å². The third-order valence-corrected chi connectivity index (χ3v) is 1.19. The van der Waals surface area contributed by atoms with Crippen LogP contribution in [-0.4, -0.2) is 21.0 Å². The summed E-state index contributed by atoms with van der Waals surface area (Å²) in [6, 6.07) is 1.66. The molecule has 58 valence electrons. The number of nitrogens with zero attached hydrogens (tertiary/aromatic N) is 2. The molecular weight excluding hydrogens is 144 g/mol. The Balaban J connectivity index is 2.79. The van der Waals surface area contributed by atoms with Crippen LogP contribution in [0.2, 0.25) is 0 Å². The largest absolute Gasteiger partial charge is 0.481 e. The SMILES string of the molecule is Cc1cc(CC(=O)O)ncn1.